The average molecular weight is 803 g/mol. The summed E-state index contributed by atoms with van der Waals surface area (Å²) in [7, 11) is 0. The number of halogens is 1. The highest BCUT2D eigenvalue weighted by molar-refractivity contribution is 14.1. The number of thiazole rings is 1. The number of fused-ring (bicyclic) bond motifs is 1. The minimum atomic E-state index is -0.866. The van der Waals surface area contributed by atoms with Gasteiger partial charge in [-0.1, -0.05) is 106 Å². The number of β-lactam (4-membered cyclic amide) rings is 1. The van der Waals surface area contributed by atoms with Crippen LogP contribution in [0, 0.1) is 0 Å². The number of aromatic nitrogens is 3. The summed E-state index contributed by atoms with van der Waals surface area (Å²) in [6, 6.07) is 18.0. The normalized spacial score (nSPS) is 17.7. The number of carbonyl (C=O) groups excluding carboxylic acids is 4. The fourth-order valence-corrected chi connectivity index (χ4v) is 9.10. The predicted octanol–water partition coefficient (Wildman–Crippen LogP) is 5.12. The molecule has 2 atom stereocenters. The van der Waals surface area contributed by atoms with E-state index in [2.05, 4.69) is 25.8 Å². The van der Waals surface area contributed by atoms with Crippen LogP contribution in [0.25, 0.3) is 5.57 Å². The van der Waals surface area contributed by atoms with E-state index in [1.807, 2.05) is 83.3 Å². The van der Waals surface area contributed by atoms with Crippen LogP contribution in [0.4, 0.5) is 5.13 Å². The van der Waals surface area contributed by atoms with E-state index < -0.39 is 35.3 Å². The van der Waals surface area contributed by atoms with E-state index in [9.17, 15) is 19.2 Å². The highest BCUT2D eigenvalue weighted by Crippen LogP contribution is 2.43. The molecule has 2 aliphatic rings. The number of carbonyl (C=O) groups is 4. The molecule has 2 aromatic heterocycles. The number of amides is 3. The maximum Gasteiger partial charge on any atom is 0.356 e. The molecule has 2 aliphatic heterocycles. The average Bonchev–Trinajstić information content (AvgIpc) is 3.78. The number of nitrogens with one attached hydrogen (secondary N) is 2. The molecule has 1 unspecified atom stereocenters. The summed E-state index contributed by atoms with van der Waals surface area (Å²) in [5.41, 5.74) is 4.76. The summed E-state index contributed by atoms with van der Waals surface area (Å²) in [5, 5.41) is 14.8. The Bertz CT molecular complexity index is 1760. The molecule has 16 heteroatoms. The lowest BCUT2D eigenvalue weighted by atomic mass is 10.0. The quantitative estimate of drug-likeness (QED) is 0.0495. The molecule has 2 aromatic carbocycles. The van der Waals surface area contributed by atoms with E-state index >= 15 is 0 Å². The van der Waals surface area contributed by atoms with Crippen LogP contribution >= 0.6 is 68.8 Å². The Labute approximate surface area is 293 Å². The van der Waals surface area contributed by atoms with Crippen LogP contribution in [0.1, 0.15) is 22.9 Å². The molecule has 11 nitrogen and oxygen atoms in total. The fraction of sp³-hybridized carbons (Fsp3) is 0.167. The lowest BCUT2D eigenvalue weighted by Crippen LogP contribution is -2.70. The Balaban J connectivity index is 1.26. The molecule has 0 aliphatic carbocycles. The summed E-state index contributed by atoms with van der Waals surface area (Å²) in [4.78, 5) is 57.7. The van der Waals surface area contributed by atoms with E-state index in [-0.39, 0.29) is 11.3 Å². The van der Waals surface area contributed by atoms with Crippen LogP contribution in [0.3, 0.4) is 0 Å². The Morgan fingerprint density at radius 3 is 2.46 bits per heavy atom. The molecule has 0 spiro atoms. The number of esters is 1. The lowest BCUT2D eigenvalue weighted by molar-refractivity contribution is -0.154. The van der Waals surface area contributed by atoms with Crippen LogP contribution in [0.15, 0.2) is 91.2 Å². The van der Waals surface area contributed by atoms with Crippen molar-refractivity contribution in [1.29, 1.82) is 0 Å². The highest BCUT2D eigenvalue weighted by Gasteiger charge is 2.54. The van der Waals surface area contributed by atoms with E-state index in [0.717, 1.165) is 21.0 Å². The largest absolute Gasteiger partial charge is 0.448 e. The van der Waals surface area contributed by atoms with Gasteiger partial charge in [-0.25, -0.2) is 9.78 Å². The topological polar surface area (TPSA) is 143 Å². The second-order valence-corrected chi connectivity index (χ2v) is 14.4. The van der Waals surface area contributed by atoms with Gasteiger partial charge in [0.05, 0.1) is 11.3 Å². The van der Waals surface area contributed by atoms with Crippen molar-refractivity contribution in [2.24, 2.45) is 0 Å². The molecule has 1 saturated heterocycles. The molecule has 6 rings (SSSR count). The smallest absolute Gasteiger partial charge is 0.356 e. The van der Waals surface area contributed by atoms with Gasteiger partial charge < -0.3 is 15.4 Å². The van der Waals surface area contributed by atoms with E-state index in [0.29, 0.717) is 28.7 Å². The van der Waals surface area contributed by atoms with Crippen molar-refractivity contribution in [2.45, 2.75) is 21.9 Å². The summed E-state index contributed by atoms with van der Waals surface area (Å²) >= 11 is 7.41. The predicted molar refractivity (Wildman–Crippen MR) is 187 cm³/mol. The molecular weight excluding hydrogens is 780 g/mol. The number of anilines is 1. The third-order valence-electron chi connectivity index (χ3n) is 6.98. The van der Waals surface area contributed by atoms with E-state index in [1.165, 1.54) is 51.1 Å². The second kappa shape index (κ2) is 14.9. The number of benzene rings is 2. The molecular formula is C30H23IN6O5S4. The summed E-state index contributed by atoms with van der Waals surface area (Å²) in [5.74, 6) is -0.680. The number of thioether (sulfide) groups is 2. The molecule has 46 heavy (non-hydrogen) atoms. The van der Waals surface area contributed by atoms with Crippen LogP contribution < -0.4 is 10.6 Å². The van der Waals surface area contributed by atoms with Crippen LogP contribution in [-0.4, -0.2) is 67.2 Å². The molecule has 1 fully saturated rings. The van der Waals surface area contributed by atoms with E-state index in [1.54, 1.807) is 15.0 Å². The number of rotatable bonds is 12. The summed E-state index contributed by atoms with van der Waals surface area (Å²) < 4.78 is 8.52. The van der Waals surface area contributed by atoms with Gasteiger partial charge in [-0.15, -0.1) is 33.3 Å². The van der Waals surface area contributed by atoms with Gasteiger partial charge in [0.1, 0.15) is 22.6 Å². The summed E-state index contributed by atoms with van der Waals surface area (Å²) in [6.07, 6.45) is -0.191. The molecule has 3 amide bonds. The van der Waals surface area contributed by atoms with Gasteiger partial charge >= 0.3 is 5.97 Å². The maximum atomic E-state index is 14.1. The Morgan fingerprint density at radius 1 is 1.11 bits per heavy atom. The molecule has 234 valence electrons. The standard InChI is InChI=1S/C30H23IN6O5S4/c31-11-20(21-14-44-29(34-21)32-15-38)25(39)35-22-26(40)37-23(19(12-43-27(22)37)13-45-30-36-33-16-46-30)28(41)42-24(17-7-3-1-4-8-17)18-9-5-2-6-10-18/h1-11,14-16,22,24,27H,12-13H2,(H,35,39)(H,32,34,38)/t22?,27-/m0/s1. The molecule has 4 aromatic rings. The highest BCUT2D eigenvalue weighted by atomic mass is 127. The first-order valence-corrected chi connectivity index (χ1v) is 18.7. The minimum absolute atomic E-state index is 0.182. The van der Waals surface area contributed by atoms with Crippen molar-refractivity contribution in [3.63, 3.8) is 0 Å². The van der Waals surface area contributed by atoms with Gasteiger partial charge in [0.25, 0.3) is 11.8 Å². The first-order valence-electron chi connectivity index (χ1n) is 13.6. The van der Waals surface area contributed by atoms with Gasteiger partial charge in [-0.2, -0.15) is 0 Å². The second-order valence-electron chi connectivity index (χ2n) is 9.74. The van der Waals surface area contributed by atoms with E-state index in [4.69, 9.17) is 4.74 Å². The fourth-order valence-electron chi connectivity index (χ4n) is 4.86. The number of hydrogen-bond acceptors (Lipinski definition) is 12. The van der Waals surface area contributed by atoms with Crippen molar-refractivity contribution >= 4 is 104 Å². The van der Waals surface area contributed by atoms with Gasteiger partial charge in [-0.05, 0) is 20.8 Å². The number of hydrogen-bond donors (Lipinski definition) is 2. The zero-order valence-corrected chi connectivity index (χ0v) is 29.0. The molecule has 4 heterocycles. The first-order chi connectivity index (χ1) is 22.5. The number of ether oxygens (including phenoxy) is 1. The van der Waals surface area contributed by atoms with Crippen LogP contribution in [0.2, 0.25) is 0 Å². The Morgan fingerprint density at radius 2 is 1.83 bits per heavy atom. The third kappa shape index (κ3) is 6.90. The minimum Gasteiger partial charge on any atom is -0.448 e. The van der Waals surface area contributed by atoms with Crippen molar-refractivity contribution in [2.75, 3.05) is 16.8 Å². The maximum absolute atomic E-state index is 14.1. The van der Waals surface area contributed by atoms with Crippen LogP contribution in [0.5, 0.6) is 0 Å². The first kappa shape index (κ1) is 32.4. The Hall–Kier alpha value is -3.58. The molecule has 2 N–H and O–H groups in total. The van der Waals surface area contributed by atoms with Gasteiger partial charge in [-0.3, -0.25) is 19.3 Å². The van der Waals surface area contributed by atoms with Gasteiger partial charge in [0.15, 0.2) is 15.6 Å². The van der Waals surface area contributed by atoms with Gasteiger partial charge in [0.2, 0.25) is 6.41 Å². The third-order valence-corrected chi connectivity index (χ3v) is 11.7. The number of nitrogens with zero attached hydrogens (tertiary/aromatic N) is 4. The van der Waals surface area contributed by atoms with Crippen molar-refractivity contribution in [3.05, 3.63) is 104 Å². The lowest BCUT2D eigenvalue weighted by Gasteiger charge is -2.49. The molecule has 0 bridgehead atoms. The summed E-state index contributed by atoms with van der Waals surface area (Å²) in [6.45, 7) is 0. The van der Waals surface area contributed by atoms with Crippen molar-refractivity contribution in [1.82, 2.24) is 25.4 Å². The molecule has 0 radical (unpaired) electrons. The van der Waals surface area contributed by atoms with Crippen LogP contribution in [-0.2, 0) is 23.9 Å². The van der Waals surface area contributed by atoms with Crippen molar-refractivity contribution < 1.29 is 23.9 Å². The zero-order chi connectivity index (χ0) is 32.0. The molecule has 0 saturated carbocycles. The van der Waals surface area contributed by atoms with Crippen molar-refractivity contribution in [3.8, 4) is 0 Å². The SMILES string of the molecule is O=CNc1nc(C(=CI)C(=O)NC2C(=O)N3C(C(=O)OC(c4ccccc4)c4ccccc4)=C(CSc4nncs4)CS[C@@H]23)cs1. The zero-order valence-electron chi connectivity index (χ0n) is 23.6. The van der Waals surface area contributed by atoms with Gasteiger partial charge in [0, 0.05) is 16.9 Å². The Kier molecular flexibility index (Phi) is 10.5. The monoisotopic (exact) mass is 802 g/mol.